The highest BCUT2D eigenvalue weighted by atomic mass is 79.9. The van der Waals surface area contributed by atoms with Crippen LogP contribution in [0, 0.1) is 10.1 Å². The summed E-state index contributed by atoms with van der Waals surface area (Å²) in [7, 11) is 0. The van der Waals surface area contributed by atoms with Gasteiger partial charge in [0, 0.05) is 17.5 Å². The van der Waals surface area contributed by atoms with Crippen molar-refractivity contribution in [3.05, 3.63) is 43.9 Å². The second-order valence-corrected chi connectivity index (χ2v) is 6.49. The van der Waals surface area contributed by atoms with Gasteiger partial charge in [0.2, 0.25) is 10.3 Å². The normalized spacial score (nSPS) is 21.0. The van der Waals surface area contributed by atoms with Gasteiger partial charge >= 0.3 is 5.84 Å². The SMILES string of the molecule is CC1=NC(Br)(CC(=O)c2ccc(Cl)cc2Cl)C([N+](=O)[O-])=N1. The summed E-state index contributed by atoms with van der Waals surface area (Å²) < 4.78 is -1.47. The molecule has 0 N–H and O–H groups in total. The van der Waals surface area contributed by atoms with Crippen LogP contribution in [-0.4, -0.2) is 26.8 Å². The minimum atomic E-state index is -1.47. The first-order chi connectivity index (χ1) is 9.73. The Morgan fingerprint density at radius 2 is 2.14 bits per heavy atom. The fourth-order valence-electron chi connectivity index (χ4n) is 1.89. The lowest BCUT2D eigenvalue weighted by Gasteiger charge is -2.15. The molecule has 0 aromatic heterocycles. The molecule has 0 saturated heterocycles. The second kappa shape index (κ2) is 5.82. The molecule has 2 rings (SSSR count). The zero-order valence-corrected chi connectivity index (χ0v) is 13.7. The first kappa shape index (κ1) is 16.1. The third-order valence-corrected chi connectivity index (χ3v) is 4.11. The summed E-state index contributed by atoms with van der Waals surface area (Å²) in [6, 6.07) is 4.42. The first-order valence-electron chi connectivity index (χ1n) is 5.70. The average Bonchev–Trinajstić information content (AvgIpc) is 2.64. The molecule has 110 valence electrons. The van der Waals surface area contributed by atoms with Gasteiger partial charge in [0.05, 0.1) is 11.4 Å². The second-order valence-electron chi connectivity index (χ2n) is 4.33. The Balaban J connectivity index is 2.31. The molecule has 0 spiro atoms. The minimum Gasteiger partial charge on any atom is -0.358 e. The molecule has 0 fully saturated rings. The van der Waals surface area contributed by atoms with Crippen molar-refractivity contribution < 1.29 is 9.72 Å². The fraction of sp³-hybridized carbons (Fsp3) is 0.250. The number of halogens is 3. The van der Waals surface area contributed by atoms with E-state index in [2.05, 4.69) is 25.9 Å². The highest BCUT2D eigenvalue weighted by Crippen LogP contribution is 2.34. The molecule has 1 aromatic rings. The number of nitro groups is 1. The lowest BCUT2D eigenvalue weighted by Crippen LogP contribution is -2.35. The van der Waals surface area contributed by atoms with E-state index in [0.717, 1.165) is 0 Å². The Labute approximate surface area is 138 Å². The molecule has 1 atom stereocenters. The number of hydrogen-bond donors (Lipinski definition) is 0. The molecule has 0 saturated carbocycles. The van der Waals surface area contributed by atoms with Gasteiger partial charge in [-0.25, -0.2) is 4.99 Å². The maximum atomic E-state index is 12.3. The number of Topliss-reactive ketones (excluding diaryl/α,β-unsaturated/α-hetero) is 1. The van der Waals surface area contributed by atoms with E-state index < -0.39 is 21.0 Å². The van der Waals surface area contributed by atoms with Crippen LogP contribution in [0.1, 0.15) is 23.7 Å². The molecule has 1 aliphatic heterocycles. The van der Waals surface area contributed by atoms with Crippen molar-refractivity contribution >= 4 is 56.6 Å². The Bertz CT molecular complexity index is 705. The summed E-state index contributed by atoms with van der Waals surface area (Å²) in [6.07, 6.45) is -0.272. The number of ketones is 1. The van der Waals surface area contributed by atoms with Crippen molar-refractivity contribution in [2.24, 2.45) is 9.98 Å². The van der Waals surface area contributed by atoms with E-state index in [-0.39, 0.29) is 22.8 Å². The number of alkyl halides is 1. The average molecular weight is 393 g/mol. The number of rotatable bonds is 3. The summed E-state index contributed by atoms with van der Waals surface area (Å²) in [5.74, 6) is -0.589. The predicted molar refractivity (Wildman–Crippen MR) is 84.6 cm³/mol. The third kappa shape index (κ3) is 3.30. The van der Waals surface area contributed by atoms with Crippen molar-refractivity contribution in [2.75, 3.05) is 0 Å². The van der Waals surface area contributed by atoms with Crippen molar-refractivity contribution in [3.63, 3.8) is 0 Å². The van der Waals surface area contributed by atoms with E-state index in [1.54, 1.807) is 0 Å². The van der Waals surface area contributed by atoms with Crippen molar-refractivity contribution in [3.8, 4) is 0 Å². The summed E-state index contributed by atoms with van der Waals surface area (Å²) in [4.78, 5) is 30.4. The smallest absolute Gasteiger partial charge is 0.358 e. The van der Waals surface area contributed by atoms with Crippen LogP contribution < -0.4 is 0 Å². The van der Waals surface area contributed by atoms with Gasteiger partial charge in [-0.2, -0.15) is 0 Å². The topological polar surface area (TPSA) is 84.9 Å². The van der Waals surface area contributed by atoms with Gasteiger partial charge in [-0.15, -0.1) is 0 Å². The zero-order valence-electron chi connectivity index (χ0n) is 10.6. The van der Waals surface area contributed by atoms with Gasteiger partial charge in [0.25, 0.3) is 0 Å². The highest BCUT2D eigenvalue weighted by molar-refractivity contribution is 9.10. The van der Waals surface area contributed by atoms with E-state index in [0.29, 0.717) is 5.02 Å². The van der Waals surface area contributed by atoms with E-state index in [9.17, 15) is 14.9 Å². The fourth-order valence-corrected chi connectivity index (χ4v) is 3.15. The quantitative estimate of drug-likeness (QED) is 0.258. The number of amidine groups is 2. The zero-order chi connectivity index (χ0) is 15.8. The molecule has 1 aliphatic rings. The van der Waals surface area contributed by atoms with E-state index in [1.165, 1.54) is 25.1 Å². The van der Waals surface area contributed by atoms with Crippen LogP contribution in [0.4, 0.5) is 0 Å². The van der Waals surface area contributed by atoms with Crippen LogP contribution in [-0.2, 0) is 0 Å². The van der Waals surface area contributed by atoms with Crippen LogP contribution in [0.2, 0.25) is 10.0 Å². The Kier molecular flexibility index (Phi) is 4.46. The van der Waals surface area contributed by atoms with Crippen LogP contribution >= 0.6 is 39.1 Å². The number of carbonyl (C=O) groups excluding carboxylic acids is 1. The van der Waals surface area contributed by atoms with E-state index in [4.69, 9.17) is 23.2 Å². The molecule has 21 heavy (non-hydrogen) atoms. The van der Waals surface area contributed by atoms with Gasteiger partial charge < -0.3 is 10.1 Å². The largest absolute Gasteiger partial charge is 0.380 e. The molecule has 0 radical (unpaired) electrons. The highest BCUT2D eigenvalue weighted by Gasteiger charge is 2.48. The van der Waals surface area contributed by atoms with E-state index in [1.807, 2.05) is 0 Å². The number of aliphatic imine (C=N–C) groups is 2. The van der Waals surface area contributed by atoms with Gasteiger partial charge in [-0.3, -0.25) is 4.79 Å². The minimum absolute atomic E-state index is 0.182. The van der Waals surface area contributed by atoms with Crippen molar-refractivity contribution in [1.29, 1.82) is 0 Å². The Hall–Kier alpha value is -1.31. The van der Waals surface area contributed by atoms with Gasteiger partial charge in [-0.1, -0.05) is 23.2 Å². The summed E-state index contributed by atoms with van der Waals surface area (Å²) in [5.41, 5.74) is 0.224. The first-order valence-corrected chi connectivity index (χ1v) is 7.25. The van der Waals surface area contributed by atoms with Gasteiger partial charge in [0.15, 0.2) is 5.78 Å². The Morgan fingerprint density at radius 3 is 2.71 bits per heavy atom. The summed E-state index contributed by atoms with van der Waals surface area (Å²) in [6.45, 7) is 1.52. The van der Waals surface area contributed by atoms with Gasteiger partial charge in [-0.05, 0) is 44.0 Å². The number of hydrogen-bond acceptors (Lipinski definition) is 5. The molecular weight excluding hydrogens is 385 g/mol. The molecule has 6 nitrogen and oxygen atoms in total. The molecule has 0 bridgehead atoms. The summed E-state index contributed by atoms with van der Waals surface area (Å²) >= 11 is 14.9. The molecule has 0 aliphatic carbocycles. The Morgan fingerprint density at radius 1 is 1.48 bits per heavy atom. The maximum Gasteiger partial charge on any atom is 0.380 e. The van der Waals surface area contributed by atoms with Crippen LogP contribution in [0.5, 0.6) is 0 Å². The number of nitrogens with zero attached hydrogens (tertiary/aromatic N) is 3. The monoisotopic (exact) mass is 391 g/mol. The molecule has 1 aromatic carbocycles. The lowest BCUT2D eigenvalue weighted by atomic mass is 10.0. The number of benzene rings is 1. The molecule has 0 amide bonds. The molecule has 1 unspecified atom stereocenters. The predicted octanol–water partition coefficient (Wildman–Crippen LogP) is 3.76. The van der Waals surface area contributed by atoms with Gasteiger partial charge in [0.1, 0.15) is 0 Å². The molecule has 1 heterocycles. The van der Waals surface area contributed by atoms with Crippen LogP contribution in [0.3, 0.4) is 0 Å². The molecule has 9 heteroatoms. The standard InChI is InChI=1S/C12H8BrCl2N3O3/c1-6-16-11(18(20)21)12(13,17-6)5-10(19)8-3-2-7(14)4-9(8)15/h2-4H,5H2,1H3. The van der Waals surface area contributed by atoms with Crippen LogP contribution in [0.15, 0.2) is 28.2 Å². The van der Waals surface area contributed by atoms with Crippen molar-refractivity contribution in [1.82, 2.24) is 0 Å². The molecular formula is C12H8BrCl2N3O3. The number of carbonyl (C=O) groups is 1. The third-order valence-electron chi connectivity index (χ3n) is 2.75. The van der Waals surface area contributed by atoms with E-state index >= 15 is 0 Å². The summed E-state index contributed by atoms with van der Waals surface area (Å²) in [5, 5.41) is 11.6. The van der Waals surface area contributed by atoms with Crippen molar-refractivity contribution in [2.45, 2.75) is 17.8 Å². The maximum absolute atomic E-state index is 12.3. The van der Waals surface area contributed by atoms with Crippen LogP contribution in [0.25, 0.3) is 0 Å². The lowest BCUT2D eigenvalue weighted by molar-refractivity contribution is -0.354.